The van der Waals surface area contributed by atoms with Crippen LogP contribution in [-0.2, 0) is 4.74 Å². The maximum Gasteiger partial charge on any atom is 0.410 e. The third-order valence-corrected chi connectivity index (χ3v) is 3.50. The molecule has 1 N–H and O–H groups in total. The summed E-state index contributed by atoms with van der Waals surface area (Å²) >= 11 is 0. The van der Waals surface area contributed by atoms with Gasteiger partial charge in [-0.15, -0.1) is 0 Å². The molecule has 0 aliphatic carbocycles. The van der Waals surface area contributed by atoms with Crippen LogP contribution in [0.3, 0.4) is 0 Å². The van der Waals surface area contributed by atoms with Gasteiger partial charge in [-0.25, -0.2) is 9.59 Å². The molecule has 0 saturated carbocycles. The van der Waals surface area contributed by atoms with Gasteiger partial charge < -0.3 is 19.9 Å². The van der Waals surface area contributed by atoms with Gasteiger partial charge in [-0.1, -0.05) is 6.07 Å². The number of likely N-dealkylation sites (N-methyl/N-ethyl adjacent to an activating group) is 1. The maximum atomic E-state index is 12.2. The number of nitrogens with one attached hydrogen (secondary N) is 1. The van der Waals surface area contributed by atoms with E-state index in [1.165, 1.54) is 4.90 Å². The smallest absolute Gasteiger partial charge is 0.410 e. The zero-order valence-corrected chi connectivity index (χ0v) is 15.4. The summed E-state index contributed by atoms with van der Waals surface area (Å²) < 4.78 is 5.26. The first kappa shape index (κ1) is 19.7. The Morgan fingerprint density at radius 3 is 2.54 bits per heavy atom. The molecule has 0 aliphatic rings. The van der Waals surface area contributed by atoms with E-state index in [9.17, 15) is 9.59 Å². The van der Waals surface area contributed by atoms with Crippen molar-refractivity contribution in [1.82, 2.24) is 20.1 Å². The van der Waals surface area contributed by atoms with Crippen molar-refractivity contribution in [2.45, 2.75) is 39.3 Å². The average Bonchev–Trinajstić information content (AvgIpc) is 2.52. The van der Waals surface area contributed by atoms with Crippen molar-refractivity contribution in [3.05, 3.63) is 30.1 Å². The van der Waals surface area contributed by atoms with Crippen LogP contribution in [0, 0.1) is 0 Å². The maximum absolute atomic E-state index is 12.2. The van der Waals surface area contributed by atoms with E-state index in [0.29, 0.717) is 13.1 Å². The fraction of sp³-hybridized carbons (Fsp3) is 0.588. The Kier molecular flexibility index (Phi) is 7.00. The number of amides is 3. The Balaban J connectivity index is 2.41. The van der Waals surface area contributed by atoms with Crippen molar-refractivity contribution in [3.8, 4) is 0 Å². The van der Waals surface area contributed by atoms with Gasteiger partial charge in [-0.05, 0) is 39.3 Å². The first-order chi connectivity index (χ1) is 11.1. The molecule has 0 bridgehead atoms. The number of rotatable bonds is 5. The Hall–Kier alpha value is -2.31. The molecule has 7 nitrogen and oxygen atoms in total. The molecular weight excluding hydrogens is 308 g/mol. The number of hydrogen-bond acceptors (Lipinski definition) is 4. The minimum atomic E-state index is -0.534. The zero-order chi connectivity index (χ0) is 18.3. The van der Waals surface area contributed by atoms with Crippen molar-refractivity contribution in [2.24, 2.45) is 0 Å². The summed E-state index contributed by atoms with van der Waals surface area (Å²) in [4.78, 5) is 31.1. The van der Waals surface area contributed by atoms with Crippen molar-refractivity contribution >= 4 is 12.1 Å². The second-order valence-corrected chi connectivity index (χ2v) is 6.71. The van der Waals surface area contributed by atoms with E-state index in [-0.39, 0.29) is 12.1 Å². The number of ether oxygens (including phenoxy) is 1. The fourth-order valence-electron chi connectivity index (χ4n) is 1.91. The molecule has 0 spiro atoms. The monoisotopic (exact) mass is 336 g/mol. The van der Waals surface area contributed by atoms with Crippen LogP contribution in [0.5, 0.6) is 0 Å². The molecule has 0 aromatic carbocycles. The van der Waals surface area contributed by atoms with Crippen molar-refractivity contribution < 1.29 is 14.3 Å². The minimum Gasteiger partial charge on any atom is -0.444 e. The normalized spacial score (nSPS) is 12.2. The van der Waals surface area contributed by atoms with Crippen LogP contribution in [0.2, 0.25) is 0 Å². The summed E-state index contributed by atoms with van der Waals surface area (Å²) in [7, 11) is 3.37. The molecule has 1 heterocycles. The van der Waals surface area contributed by atoms with Crippen LogP contribution in [-0.4, -0.2) is 59.7 Å². The lowest BCUT2D eigenvalue weighted by molar-refractivity contribution is 0.0300. The van der Waals surface area contributed by atoms with E-state index in [4.69, 9.17) is 4.74 Å². The zero-order valence-electron chi connectivity index (χ0n) is 15.4. The first-order valence-corrected chi connectivity index (χ1v) is 7.96. The summed E-state index contributed by atoms with van der Waals surface area (Å²) in [6.45, 7) is 8.10. The topological polar surface area (TPSA) is 74.8 Å². The highest BCUT2D eigenvalue weighted by Crippen LogP contribution is 2.17. The Labute approximate surface area is 144 Å². The van der Waals surface area contributed by atoms with Gasteiger partial charge in [0.1, 0.15) is 5.60 Å². The van der Waals surface area contributed by atoms with Gasteiger partial charge in [0.15, 0.2) is 0 Å². The molecule has 1 atom stereocenters. The highest BCUT2D eigenvalue weighted by atomic mass is 16.6. The van der Waals surface area contributed by atoms with Crippen molar-refractivity contribution in [1.29, 1.82) is 0 Å². The SMILES string of the molecule is C[C@H](c1cccnc1)N(C)C(=O)NCCN(C)C(=O)OC(C)(C)C. The van der Waals surface area contributed by atoms with E-state index >= 15 is 0 Å². The predicted molar refractivity (Wildman–Crippen MR) is 92.7 cm³/mol. The van der Waals surface area contributed by atoms with E-state index in [1.807, 2.05) is 39.8 Å². The van der Waals surface area contributed by atoms with Crippen LogP contribution in [0.25, 0.3) is 0 Å². The number of urea groups is 1. The van der Waals surface area contributed by atoms with Crippen molar-refractivity contribution in [3.63, 3.8) is 0 Å². The van der Waals surface area contributed by atoms with E-state index < -0.39 is 11.7 Å². The Morgan fingerprint density at radius 1 is 1.33 bits per heavy atom. The lowest BCUT2D eigenvalue weighted by Gasteiger charge is -2.27. The number of hydrogen-bond donors (Lipinski definition) is 1. The molecule has 0 radical (unpaired) electrons. The lowest BCUT2D eigenvalue weighted by atomic mass is 10.1. The van der Waals surface area contributed by atoms with Crippen molar-refractivity contribution in [2.75, 3.05) is 27.2 Å². The van der Waals surface area contributed by atoms with E-state index in [2.05, 4.69) is 10.3 Å². The van der Waals surface area contributed by atoms with Gasteiger partial charge in [0.2, 0.25) is 0 Å². The number of carbonyl (C=O) groups excluding carboxylic acids is 2. The molecule has 0 saturated heterocycles. The van der Waals surface area contributed by atoms with Gasteiger partial charge in [-0.2, -0.15) is 0 Å². The van der Waals surface area contributed by atoms with E-state index in [0.717, 1.165) is 5.56 Å². The first-order valence-electron chi connectivity index (χ1n) is 7.96. The van der Waals surface area contributed by atoms with Gasteiger partial charge in [0, 0.05) is 39.6 Å². The van der Waals surface area contributed by atoms with Gasteiger partial charge in [0.05, 0.1) is 6.04 Å². The lowest BCUT2D eigenvalue weighted by Crippen LogP contribution is -2.43. The molecule has 24 heavy (non-hydrogen) atoms. The van der Waals surface area contributed by atoms with Gasteiger partial charge >= 0.3 is 12.1 Å². The van der Waals surface area contributed by atoms with E-state index in [1.54, 1.807) is 31.4 Å². The van der Waals surface area contributed by atoms with Gasteiger partial charge in [0.25, 0.3) is 0 Å². The third kappa shape index (κ3) is 6.44. The van der Waals surface area contributed by atoms with Crippen LogP contribution in [0.1, 0.15) is 39.3 Å². The quantitative estimate of drug-likeness (QED) is 0.897. The van der Waals surface area contributed by atoms with Crippen LogP contribution >= 0.6 is 0 Å². The fourth-order valence-corrected chi connectivity index (χ4v) is 1.91. The molecule has 1 rings (SSSR count). The molecule has 0 unspecified atom stereocenters. The Morgan fingerprint density at radius 2 is 2.00 bits per heavy atom. The summed E-state index contributed by atoms with van der Waals surface area (Å²) in [6, 6.07) is 3.47. The van der Waals surface area contributed by atoms with Crippen LogP contribution in [0.15, 0.2) is 24.5 Å². The molecule has 0 fully saturated rings. The number of aromatic nitrogens is 1. The summed E-state index contributed by atoms with van der Waals surface area (Å²) in [5.74, 6) is 0. The molecular formula is C17H28N4O3. The standard InChI is InChI=1S/C17H28N4O3/c1-13(14-8-7-9-18-12-14)21(6)15(22)19-10-11-20(5)16(23)24-17(2,3)4/h7-9,12-13H,10-11H2,1-6H3,(H,19,22)/t13-/m1/s1. The number of carbonyl (C=O) groups is 2. The largest absolute Gasteiger partial charge is 0.444 e. The van der Waals surface area contributed by atoms with Crippen LogP contribution < -0.4 is 5.32 Å². The second-order valence-electron chi connectivity index (χ2n) is 6.71. The summed E-state index contributed by atoms with van der Waals surface area (Å²) in [5.41, 5.74) is 0.426. The molecule has 134 valence electrons. The highest BCUT2D eigenvalue weighted by Gasteiger charge is 2.20. The summed E-state index contributed by atoms with van der Waals surface area (Å²) in [5, 5.41) is 2.80. The second kappa shape index (κ2) is 8.52. The number of nitrogens with zero attached hydrogens (tertiary/aromatic N) is 3. The summed E-state index contributed by atoms with van der Waals surface area (Å²) in [6.07, 6.45) is 3.03. The minimum absolute atomic E-state index is 0.0951. The molecule has 1 aromatic rings. The Bertz CT molecular complexity index is 543. The molecule has 1 aromatic heterocycles. The molecule has 0 aliphatic heterocycles. The number of pyridine rings is 1. The molecule has 7 heteroatoms. The predicted octanol–water partition coefficient (Wildman–Crippen LogP) is 2.65. The highest BCUT2D eigenvalue weighted by molar-refractivity contribution is 5.74. The average molecular weight is 336 g/mol. The van der Waals surface area contributed by atoms with Gasteiger partial charge in [-0.3, -0.25) is 4.98 Å². The van der Waals surface area contributed by atoms with Crippen LogP contribution in [0.4, 0.5) is 9.59 Å². The third-order valence-electron chi connectivity index (χ3n) is 3.50. The molecule has 3 amide bonds.